The van der Waals surface area contributed by atoms with E-state index in [0.29, 0.717) is 18.0 Å². The molecule has 0 saturated heterocycles. The Labute approximate surface area is 193 Å². The SMILES string of the molecule is C=CCNC(=O)CSC1=N/C(=C\c2ccc(OC)cc2)C(=O)N1c1ccc(OC(F)F)cc1. The monoisotopic (exact) mass is 473 g/mol. The molecule has 172 valence electrons. The van der Waals surface area contributed by atoms with Crippen molar-refractivity contribution < 1.29 is 27.8 Å². The van der Waals surface area contributed by atoms with E-state index in [9.17, 15) is 18.4 Å². The Morgan fingerprint density at radius 2 is 1.85 bits per heavy atom. The number of hydrogen-bond donors (Lipinski definition) is 1. The van der Waals surface area contributed by atoms with Gasteiger partial charge < -0.3 is 14.8 Å². The van der Waals surface area contributed by atoms with E-state index in [1.807, 2.05) is 0 Å². The highest BCUT2D eigenvalue weighted by Gasteiger charge is 2.32. The summed E-state index contributed by atoms with van der Waals surface area (Å²) in [5, 5.41) is 2.95. The average molecular weight is 474 g/mol. The second-order valence-electron chi connectivity index (χ2n) is 6.59. The number of alkyl halides is 2. The van der Waals surface area contributed by atoms with Gasteiger partial charge in [-0.05, 0) is 48.0 Å². The van der Waals surface area contributed by atoms with Crippen LogP contribution >= 0.6 is 11.8 Å². The van der Waals surface area contributed by atoms with Crippen LogP contribution < -0.4 is 19.7 Å². The number of ether oxygens (including phenoxy) is 2. The number of amides is 2. The molecular formula is C23H21F2N3O4S. The van der Waals surface area contributed by atoms with Crippen molar-refractivity contribution in [2.45, 2.75) is 6.61 Å². The lowest BCUT2D eigenvalue weighted by atomic mass is 10.2. The van der Waals surface area contributed by atoms with Gasteiger partial charge in [-0.1, -0.05) is 30.0 Å². The van der Waals surface area contributed by atoms with Gasteiger partial charge in [0.25, 0.3) is 5.91 Å². The van der Waals surface area contributed by atoms with E-state index in [1.54, 1.807) is 43.5 Å². The third kappa shape index (κ3) is 6.42. The number of carbonyl (C=O) groups excluding carboxylic acids is 2. The number of amidine groups is 1. The van der Waals surface area contributed by atoms with Crippen LogP contribution in [0.4, 0.5) is 14.5 Å². The first-order chi connectivity index (χ1) is 15.9. The molecular weight excluding hydrogens is 452 g/mol. The van der Waals surface area contributed by atoms with E-state index in [2.05, 4.69) is 21.6 Å². The van der Waals surface area contributed by atoms with Crippen LogP contribution in [0.2, 0.25) is 0 Å². The molecule has 1 N–H and O–H groups in total. The van der Waals surface area contributed by atoms with Crippen LogP contribution in [-0.2, 0) is 9.59 Å². The number of rotatable bonds is 9. The number of nitrogens with zero attached hydrogens (tertiary/aromatic N) is 2. The molecule has 0 saturated carbocycles. The van der Waals surface area contributed by atoms with Gasteiger partial charge in [-0.2, -0.15) is 8.78 Å². The maximum atomic E-state index is 13.2. The molecule has 10 heteroatoms. The van der Waals surface area contributed by atoms with Crippen molar-refractivity contribution in [2.24, 2.45) is 4.99 Å². The number of halogens is 2. The maximum Gasteiger partial charge on any atom is 0.387 e. The third-order valence-electron chi connectivity index (χ3n) is 4.34. The second-order valence-corrected chi connectivity index (χ2v) is 7.53. The average Bonchev–Trinajstić information content (AvgIpc) is 3.11. The molecule has 1 heterocycles. The van der Waals surface area contributed by atoms with Crippen LogP contribution in [0.15, 0.2) is 71.9 Å². The van der Waals surface area contributed by atoms with Crippen LogP contribution in [0, 0.1) is 0 Å². The van der Waals surface area contributed by atoms with Crippen molar-refractivity contribution in [1.29, 1.82) is 0 Å². The van der Waals surface area contributed by atoms with Crippen molar-refractivity contribution in [2.75, 3.05) is 24.3 Å². The molecule has 0 aliphatic carbocycles. The number of hydrogen-bond acceptors (Lipinski definition) is 6. The number of aliphatic imine (C=N–C) groups is 1. The fraction of sp³-hybridized carbons (Fsp3) is 0.174. The smallest absolute Gasteiger partial charge is 0.387 e. The van der Waals surface area contributed by atoms with Crippen molar-refractivity contribution >= 4 is 40.5 Å². The summed E-state index contributed by atoms with van der Waals surface area (Å²) >= 11 is 1.08. The first kappa shape index (κ1) is 24.0. The summed E-state index contributed by atoms with van der Waals surface area (Å²) in [4.78, 5) is 30.9. The van der Waals surface area contributed by atoms with Gasteiger partial charge in [0.05, 0.1) is 18.6 Å². The van der Waals surface area contributed by atoms with Crippen molar-refractivity contribution in [3.8, 4) is 11.5 Å². The largest absolute Gasteiger partial charge is 0.497 e. The molecule has 0 fully saturated rings. The molecule has 0 atom stereocenters. The number of carbonyl (C=O) groups is 2. The molecule has 7 nitrogen and oxygen atoms in total. The van der Waals surface area contributed by atoms with Gasteiger partial charge in [-0.25, -0.2) is 4.99 Å². The number of benzene rings is 2. The van der Waals surface area contributed by atoms with E-state index in [4.69, 9.17) is 4.74 Å². The zero-order valence-electron chi connectivity index (χ0n) is 17.7. The van der Waals surface area contributed by atoms with Gasteiger partial charge >= 0.3 is 6.61 Å². The van der Waals surface area contributed by atoms with Crippen LogP contribution in [-0.4, -0.2) is 43.0 Å². The summed E-state index contributed by atoms with van der Waals surface area (Å²) < 4.78 is 34.4. The molecule has 2 aromatic carbocycles. The number of nitrogens with one attached hydrogen (secondary N) is 1. The fourth-order valence-corrected chi connectivity index (χ4v) is 3.67. The Balaban J connectivity index is 1.87. The highest BCUT2D eigenvalue weighted by Crippen LogP contribution is 2.31. The van der Waals surface area contributed by atoms with Gasteiger partial charge in [0.1, 0.15) is 17.2 Å². The highest BCUT2D eigenvalue weighted by atomic mass is 32.2. The summed E-state index contributed by atoms with van der Waals surface area (Å²) in [5.74, 6) is 0.00151. The summed E-state index contributed by atoms with van der Waals surface area (Å²) in [7, 11) is 1.56. The zero-order valence-corrected chi connectivity index (χ0v) is 18.5. The van der Waals surface area contributed by atoms with Crippen molar-refractivity contribution in [3.05, 3.63) is 72.4 Å². The Bertz CT molecular complexity index is 1070. The predicted octanol–water partition coefficient (Wildman–Crippen LogP) is 4.08. The minimum Gasteiger partial charge on any atom is -0.497 e. The molecule has 1 aliphatic heterocycles. The Morgan fingerprint density at radius 3 is 2.45 bits per heavy atom. The maximum absolute atomic E-state index is 13.2. The van der Waals surface area contributed by atoms with E-state index in [0.717, 1.165) is 17.3 Å². The molecule has 0 bridgehead atoms. The van der Waals surface area contributed by atoms with Gasteiger partial charge in [-0.3, -0.25) is 14.5 Å². The summed E-state index contributed by atoms with van der Waals surface area (Å²) in [6.45, 7) is 0.915. The van der Waals surface area contributed by atoms with Gasteiger partial charge in [0, 0.05) is 6.54 Å². The Hall–Kier alpha value is -3.66. The van der Waals surface area contributed by atoms with E-state index in [1.165, 1.54) is 29.2 Å². The quantitative estimate of drug-likeness (QED) is 0.439. The van der Waals surface area contributed by atoms with Gasteiger partial charge in [-0.15, -0.1) is 6.58 Å². The first-order valence-corrected chi connectivity index (χ1v) is 10.7. The lowest BCUT2D eigenvalue weighted by molar-refractivity contribution is -0.118. The molecule has 33 heavy (non-hydrogen) atoms. The summed E-state index contributed by atoms with van der Waals surface area (Å²) in [5.41, 5.74) is 1.30. The minimum atomic E-state index is -2.95. The Morgan fingerprint density at radius 1 is 1.18 bits per heavy atom. The van der Waals surface area contributed by atoms with Gasteiger partial charge in [0.15, 0.2) is 5.17 Å². The van der Waals surface area contributed by atoms with Crippen LogP contribution in [0.3, 0.4) is 0 Å². The number of methoxy groups -OCH3 is 1. The predicted molar refractivity (Wildman–Crippen MR) is 125 cm³/mol. The van der Waals surface area contributed by atoms with Crippen molar-refractivity contribution in [3.63, 3.8) is 0 Å². The Kier molecular flexibility index (Phi) is 8.20. The molecule has 0 radical (unpaired) electrons. The lowest BCUT2D eigenvalue weighted by Crippen LogP contribution is -2.32. The summed E-state index contributed by atoms with van der Waals surface area (Å²) in [6, 6.07) is 12.7. The topological polar surface area (TPSA) is 80.2 Å². The molecule has 1 aliphatic rings. The molecule has 2 aromatic rings. The third-order valence-corrected chi connectivity index (χ3v) is 5.28. The van der Waals surface area contributed by atoms with Crippen LogP contribution in [0.1, 0.15) is 5.56 Å². The molecule has 0 aromatic heterocycles. The minimum absolute atomic E-state index is 0.0266. The van der Waals surface area contributed by atoms with Crippen molar-refractivity contribution in [1.82, 2.24) is 5.32 Å². The first-order valence-electron chi connectivity index (χ1n) is 9.75. The number of thioether (sulfide) groups is 1. The van der Waals surface area contributed by atoms with Crippen LogP contribution in [0.5, 0.6) is 11.5 Å². The highest BCUT2D eigenvalue weighted by molar-refractivity contribution is 8.14. The van der Waals surface area contributed by atoms with E-state index in [-0.39, 0.29) is 28.3 Å². The number of anilines is 1. The fourth-order valence-electron chi connectivity index (χ4n) is 2.82. The van der Waals surface area contributed by atoms with E-state index < -0.39 is 12.5 Å². The van der Waals surface area contributed by atoms with Crippen LogP contribution in [0.25, 0.3) is 6.08 Å². The summed E-state index contributed by atoms with van der Waals surface area (Å²) in [6.07, 6.45) is 3.18. The van der Waals surface area contributed by atoms with E-state index >= 15 is 0 Å². The molecule has 2 amide bonds. The van der Waals surface area contributed by atoms with Gasteiger partial charge in [0.2, 0.25) is 5.91 Å². The zero-order chi connectivity index (χ0) is 23.8. The standard InChI is InChI=1S/C23H21F2N3O4S/c1-3-12-26-20(29)14-33-23-27-19(13-15-4-8-17(31-2)9-5-15)21(30)28(23)16-6-10-18(11-7-16)32-22(24)25/h3-11,13,22H,1,12,14H2,2H3,(H,26,29)/b19-13-. The molecule has 0 unspecified atom stereocenters. The normalized spacial score (nSPS) is 14.4. The second kappa shape index (κ2) is 11.3. The molecule has 0 spiro atoms. The lowest BCUT2D eigenvalue weighted by Gasteiger charge is -2.18. The molecule has 3 rings (SSSR count).